The van der Waals surface area contributed by atoms with E-state index in [2.05, 4.69) is 0 Å². The number of nitrogens with two attached hydrogens (primary N) is 1. The second-order valence-electron chi connectivity index (χ2n) is 4.39. The van der Waals surface area contributed by atoms with Crippen LogP contribution in [0.15, 0.2) is 41.2 Å². The Morgan fingerprint density at radius 3 is 2.68 bits per heavy atom. The van der Waals surface area contributed by atoms with Crippen LogP contribution in [-0.2, 0) is 6.54 Å². The molecular weight excluding hydrogens is 250 g/mol. The molecule has 100 valence electrons. The minimum atomic E-state index is -0.783. The maximum atomic E-state index is 13.6. The molecule has 0 saturated heterocycles. The molecule has 0 aliphatic carbocycles. The van der Waals surface area contributed by atoms with Crippen molar-refractivity contribution < 1.29 is 8.78 Å². The Kier molecular flexibility index (Phi) is 3.76. The Hall–Kier alpha value is -2.01. The molecule has 1 atom stereocenters. The molecule has 0 fully saturated rings. The summed E-state index contributed by atoms with van der Waals surface area (Å²) < 4.78 is 28.1. The van der Waals surface area contributed by atoms with Gasteiger partial charge in [0.2, 0.25) is 0 Å². The molecule has 2 N–H and O–H groups in total. The van der Waals surface area contributed by atoms with Crippen LogP contribution in [0.4, 0.5) is 8.78 Å². The van der Waals surface area contributed by atoms with Crippen molar-refractivity contribution in [2.75, 3.05) is 0 Å². The van der Waals surface area contributed by atoms with Gasteiger partial charge in [-0.1, -0.05) is 6.07 Å². The molecular formula is C14H14F2N2O. The van der Waals surface area contributed by atoms with Crippen molar-refractivity contribution in [2.24, 2.45) is 5.73 Å². The van der Waals surface area contributed by atoms with E-state index in [4.69, 9.17) is 5.73 Å². The topological polar surface area (TPSA) is 48.0 Å². The summed E-state index contributed by atoms with van der Waals surface area (Å²) >= 11 is 0. The van der Waals surface area contributed by atoms with Crippen molar-refractivity contribution in [3.05, 3.63) is 69.6 Å². The predicted molar refractivity (Wildman–Crippen MR) is 68.7 cm³/mol. The first-order chi connectivity index (χ1) is 8.99. The maximum Gasteiger partial charge on any atom is 0.250 e. The first kappa shape index (κ1) is 13.4. The number of pyridine rings is 1. The number of nitrogens with zero attached hydrogens (tertiary/aromatic N) is 1. The second kappa shape index (κ2) is 5.32. The van der Waals surface area contributed by atoms with Crippen molar-refractivity contribution in [1.82, 2.24) is 4.57 Å². The Labute approximate surface area is 109 Å². The van der Waals surface area contributed by atoms with E-state index < -0.39 is 17.7 Å². The zero-order chi connectivity index (χ0) is 14.0. The molecule has 0 aliphatic rings. The Morgan fingerprint density at radius 1 is 1.26 bits per heavy atom. The Bertz CT molecular complexity index is 652. The maximum absolute atomic E-state index is 13.6. The van der Waals surface area contributed by atoms with Crippen molar-refractivity contribution >= 4 is 0 Å². The molecule has 0 bridgehead atoms. The lowest BCUT2D eigenvalue weighted by atomic mass is 10.1. The third-order valence-electron chi connectivity index (χ3n) is 3.00. The van der Waals surface area contributed by atoms with E-state index >= 15 is 0 Å². The fourth-order valence-corrected chi connectivity index (χ4v) is 1.95. The highest BCUT2D eigenvalue weighted by molar-refractivity contribution is 5.22. The van der Waals surface area contributed by atoms with Crippen LogP contribution in [-0.4, -0.2) is 4.57 Å². The van der Waals surface area contributed by atoms with Crippen LogP contribution >= 0.6 is 0 Å². The molecule has 1 unspecified atom stereocenters. The van der Waals surface area contributed by atoms with Gasteiger partial charge < -0.3 is 10.3 Å². The zero-order valence-corrected chi connectivity index (χ0v) is 10.4. The average molecular weight is 264 g/mol. The number of rotatable bonds is 3. The molecule has 19 heavy (non-hydrogen) atoms. The molecule has 2 rings (SSSR count). The molecule has 5 heteroatoms. The molecule has 0 saturated carbocycles. The van der Waals surface area contributed by atoms with E-state index in [0.29, 0.717) is 0 Å². The molecule has 1 aromatic heterocycles. The second-order valence-corrected chi connectivity index (χ2v) is 4.39. The Morgan fingerprint density at radius 2 is 2.00 bits per heavy atom. The first-order valence-corrected chi connectivity index (χ1v) is 5.86. The monoisotopic (exact) mass is 264 g/mol. The third-order valence-corrected chi connectivity index (χ3v) is 3.00. The Balaban J connectivity index is 2.33. The standard InChI is InChI=1S/C14H14F2N2O/c1-9-3-2-4-14(19)18(9)8-13(17)11-7-10(15)5-6-12(11)16/h2-7,13H,8,17H2,1H3. The normalized spacial score (nSPS) is 12.4. The van der Waals surface area contributed by atoms with Gasteiger partial charge in [-0.2, -0.15) is 0 Å². The highest BCUT2D eigenvalue weighted by atomic mass is 19.1. The third kappa shape index (κ3) is 2.88. The van der Waals surface area contributed by atoms with Gasteiger partial charge >= 0.3 is 0 Å². The van der Waals surface area contributed by atoms with Gasteiger partial charge in [-0.25, -0.2) is 8.78 Å². The zero-order valence-electron chi connectivity index (χ0n) is 10.4. The van der Waals surface area contributed by atoms with Gasteiger partial charge in [0.05, 0.1) is 6.04 Å². The summed E-state index contributed by atoms with van der Waals surface area (Å²) in [5.41, 5.74) is 6.44. The van der Waals surface area contributed by atoms with Gasteiger partial charge in [0.15, 0.2) is 0 Å². The summed E-state index contributed by atoms with van der Waals surface area (Å²) in [6, 6.07) is 7.15. The van der Waals surface area contributed by atoms with Crippen LogP contribution < -0.4 is 11.3 Å². The van der Waals surface area contributed by atoms with E-state index in [0.717, 1.165) is 23.9 Å². The number of aryl methyl sites for hydroxylation is 1. The number of aromatic nitrogens is 1. The van der Waals surface area contributed by atoms with Gasteiger partial charge in [-0.05, 0) is 31.2 Å². The lowest BCUT2D eigenvalue weighted by Gasteiger charge is -2.16. The lowest BCUT2D eigenvalue weighted by Crippen LogP contribution is -2.28. The molecule has 2 aromatic rings. The smallest absolute Gasteiger partial charge is 0.250 e. The quantitative estimate of drug-likeness (QED) is 0.923. The van der Waals surface area contributed by atoms with Crippen LogP contribution in [0.5, 0.6) is 0 Å². The molecule has 0 radical (unpaired) electrons. The van der Waals surface area contributed by atoms with Gasteiger partial charge in [0.25, 0.3) is 5.56 Å². The van der Waals surface area contributed by atoms with E-state index in [9.17, 15) is 13.6 Å². The summed E-state index contributed by atoms with van der Waals surface area (Å²) in [5.74, 6) is -1.13. The SMILES string of the molecule is Cc1cccc(=O)n1CC(N)c1cc(F)ccc1F. The van der Waals surface area contributed by atoms with Gasteiger partial charge in [-0.15, -0.1) is 0 Å². The van der Waals surface area contributed by atoms with E-state index in [-0.39, 0.29) is 17.7 Å². The van der Waals surface area contributed by atoms with Gasteiger partial charge in [0.1, 0.15) is 11.6 Å². The minimum Gasteiger partial charge on any atom is -0.322 e. The van der Waals surface area contributed by atoms with Crippen molar-refractivity contribution in [1.29, 1.82) is 0 Å². The number of benzene rings is 1. The van der Waals surface area contributed by atoms with Gasteiger partial charge in [-0.3, -0.25) is 4.79 Å². The van der Waals surface area contributed by atoms with Crippen LogP contribution in [0.1, 0.15) is 17.3 Å². The molecule has 3 nitrogen and oxygen atoms in total. The lowest BCUT2D eigenvalue weighted by molar-refractivity contribution is 0.509. The molecule has 1 aromatic carbocycles. The molecule has 0 amide bonds. The van der Waals surface area contributed by atoms with E-state index in [1.165, 1.54) is 10.6 Å². The van der Waals surface area contributed by atoms with Crippen LogP contribution in [0.3, 0.4) is 0 Å². The van der Waals surface area contributed by atoms with Crippen molar-refractivity contribution in [3.8, 4) is 0 Å². The number of hydrogen-bond acceptors (Lipinski definition) is 2. The fourth-order valence-electron chi connectivity index (χ4n) is 1.95. The van der Waals surface area contributed by atoms with Crippen LogP contribution in [0, 0.1) is 18.6 Å². The molecule has 0 spiro atoms. The number of halogens is 2. The van der Waals surface area contributed by atoms with Crippen molar-refractivity contribution in [3.63, 3.8) is 0 Å². The first-order valence-electron chi connectivity index (χ1n) is 5.86. The minimum absolute atomic E-state index is 0.0650. The summed E-state index contributed by atoms with van der Waals surface area (Å²) in [5, 5.41) is 0. The summed E-state index contributed by atoms with van der Waals surface area (Å²) in [4.78, 5) is 11.7. The molecule has 1 heterocycles. The van der Waals surface area contributed by atoms with Crippen molar-refractivity contribution in [2.45, 2.75) is 19.5 Å². The highest BCUT2D eigenvalue weighted by Gasteiger charge is 2.14. The van der Waals surface area contributed by atoms with Crippen LogP contribution in [0.2, 0.25) is 0 Å². The predicted octanol–water partition coefficient (Wildman–Crippen LogP) is 2.13. The highest BCUT2D eigenvalue weighted by Crippen LogP contribution is 2.18. The van der Waals surface area contributed by atoms with Crippen LogP contribution in [0.25, 0.3) is 0 Å². The van der Waals surface area contributed by atoms with Gasteiger partial charge in [0, 0.05) is 23.9 Å². The fraction of sp³-hybridized carbons (Fsp3) is 0.214. The summed E-state index contributed by atoms with van der Waals surface area (Å²) in [6.07, 6.45) is 0. The average Bonchev–Trinajstić information content (AvgIpc) is 2.37. The number of hydrogen-bond donors (Lipinski definition) is 1. The molecule has 0 aliphatic heterocycles. The summed E-state index contributed by atoms with van der Waals surface area (Å²) in [7, 11) is 0. The van der Waals surface area contributed by atoms with E-state index in [1.54, 1.807) is 19.1 Å². The summed E-state index contributed by atoms with van der Waals surface area (Å²) in [6.45, 7) is 1.86. The largest absolute Gasteiger partial charge is 0.322 e. The van der Waals surface area contributed by atoms with E-state index in [1.807, 2.05) is 0 Å².